The van der Waals surface area contributed by atoms with Crippen molar-refractivity contribution in [2.24, 2.45) is 0 Å². The molecule has 1 heterocycles. The van der Waals surface area contributed by atoms with Crippen molar-refractivity contribution < 1.29 is 9.90 Å². The second-order valence-corrected chi connectivity index (χ2v) is 4.95. The zero-order valence-corrected chi connectivity index (χ0v) is 10.4. The average Bonchev–Trinajstić information content (AvgIpc) is 2.81. The zero-order chi connectivity index (χ0) is 12.3. The van der Waals surface area contributed by atoms with Crippen LogP contribution in [-0.4, -0.2) is 16.1 Å². The van der Waals surface area contributed by atoms with Crippen LogP contribution in [0.3, 0.4) is 0 Å². The highest BCUT2D eigenvalue weighted by Crippen LogP contribution is 2.23. The maximum Gasteiger partial charge on any atom is 0.313 e. The number of carboxylic acids is 1. The molecule has 0 spiro atoms. The Kier molecular flexibility index (Phi) is 3.76. The van der Waals surface area contributed by atoms with Crippen molar-refractivity contribution in [2.75, 3.05) is 0 Å². The fourth-order valence-corrected chi connectivity index (χ4v) is 2.40. The topological polar surface area (TPSA) is 50.2 Å². The minimum absolute atomic E-state index is 0.431. The van der Waals surface area contributed by atoms with Gasteiger partial charge in [-0.1, -0.05) is 23.7 Å². The number of rotatable bonds is 4. The predicted molar refractivity (Wildman–Crippen MR) is 67.6 cm³/mol. The molecule has 1 atom stereocenters. The van der Waals surface area contributed by atoms with Crippen LogP contribution in [0.4, 0.5) is 0 Å². The molecule has 88 valence electrons. The van der Waals surface area contributed by atoms with Crippen molar-refractivity contribution >= 4 is 28.9 Å². The van der Waals surface area contributed by atoms with E-state index in [0.717, 1.165) is 5.56 Å². The van der Waals surface area contributed by atoms with E-state index in [1.807, 2.05) is 12.1 Å². The van der Waals surface area contributed by atoms with E-state index in [1.54, 1.807) is 23.7 Å². The fourth-order valence-electron chi connectivity index (χ4n) is 1.54. The lowest BCUT2D eigenvalue weighted by atomic mass is 10.0. The monoisotopic (exact) mass is 267 g/mol. The third-order valence-corrected chi connectivity index (χ3v) is 3.54. The molecule has 0 amide bonds. The van der Waals surface area contributed by atoms with E-state index in [4.69, 9.17) is 11.6 Å². The van der Waals surface area contributed by atoms with Gasteiger partial charge >= 0.3 is 5.97 Å². The van der Waals surface area contributed by atoms with Gasteiger partial charge < -0.3 is 5.11 Å². The van der Waals surface area contributed by atoms with Gasteiger partial charge in [-0.05, 0) is 24.1 Å². The van der Waals surface area contributed by atoms with Gasteiger partial charge in [-0.25, -0.2) is 4.98 Å². The van der Waals surface area contributed by atoms with E-state index < -0.39 is 11.9 Å². The van der Waals surface area contributed by atoms with Gasteiger partial charge in [0.25, 0.3) is 0 Å². The molecule has 0 radical (unpaired) electrons. The molecule has 0 aliphatic rings. The van der Waals surface area contributed by atoms with Crippen LogP contribution < -0.4 is 0 Å². The normalized spacial score (nSPS) is 12.3. The Labute approximate surface area is 108 Å². The summed E-state index contributed by atoms with van der Waals surface area (Å²) in [6.07, 6.45) is 2.05. The third-order valence-electron chi connectivity index (χ3n) is 2.40. The summed E-state index contributed by atoms with van der Waals surface area (Å²) in [5.74, 6) is -1.44. The number of thiazole rings is 1. The molecule has 1 unspecified atom stereocenters. The largest absolute Gasteiger partial charge is 0.481 e. The number of hydrogen-bond donors (Lipinski definition) is 1. The minimum Gasteiger partial charge on any atom is -0.481 e. The molecule has 0 saturated carbocycles. The summed E-state index contributed by atoms with van der Waals surface area (Å²) in [6, 6.07) is 7.20. The van der Waals surface area contributed by atoms with Crippen LogP contribution >= 0.6 is 22.9 Å². The van der Waals surface area contributed by atoms with Crippen LogP contribution in [-0.2, 0) is 11.2 Å². The van der Waals surface area contributed by atoms with Crippen LogP contribution in [0.2, 0.25) is 5.02 Å². The van der Waals surface area contributed by atoms with Crippen molar-refractivity contribution in [1.29, 1.82) is 0 Å². The Morgan fingerprint density at radius 2 is 2.12 bits per heavy atom. The summed E-state index contributed by atoms with van der Waals surface area (Å²) in [4.78, 5) is 15.3. The number of aromatic nitrogens is 1. The first-order chi connectivity index (χ1) is 8.16. The molecule has 0 aliphatic heterocycles. The molecule has 17 heavy (non-hydrogen) atoms. The highest BCUT2D eigenvalue weighted by molar-refractivity contribution is 7.09. The molecule has 0 fully saturated rings. The molecule has 1 aromatic heterocycles. The van der Waals surface area contributed by atoms with E-state index in [-0.39, 0.29) is 0 Å². The second kappa shape index (κ2) is 5.29. The van der Waals surface area contributed by atoms with E-state index in [9.17, 15) is 9.90 Å². The smallest absolute Gasteiger partial charge is 0.313 e. The van der Waals surface area contributed by atoms with Gasteiger partial charge in [-0.15, -0.1) is 11.3 Å². The van der Waals surface area contributed by atoms with E-state index in [2.05, 4.69) is 4.98 Å². The molecule has 1 aromatic carbocycles. The standard InChI is InChI=1S/C12H10ClNO2S/c13-9-3-1-8(2-4-9)7-10(12(15)16)11-14-5-6-17-11/h1-6,10H,7H2,(H,15,16). The van der Waals surface area contributed by atoms with Gasteiger partial charge in [-0.2, -0.15) is 0 Å². The molecule has 3 nitrogen and oxygen atoms in total. The van der Waals surface area contributed by atoms with Crippen LogP contribution in [0, 0.1) is 0 Å². The van der Waals surface area contributed by atoms with E-state index >= 15 is 0 Å². The summed E-state index contributed by atoms with van der Waals surface area (Å²) in [5.41, 5.74) is 0.942. The Morgan fingerprint density at radius 3 is 2.65 bits per heavy atom. The maximum atomic E-state index is 11.2. The quantitative estimate of drug-likeness (QED) is 0.925. The lowest BCUT2D eigenvalue weighted by Crippen LogP contribution is -2.14. The molecule has 0 aliphatic carbocycles. The second-order valence-electron chi connectivity index (χ2n) is 3.59. The van der Waals surface area contributed by atoms with Gasteiger partial charge in [0.1, 0.15) is 10.9 Å². The number of nitrogens with zero attached hydrogens (tertiary/aromatic N) is 1. The van der Waals surface area contributed by atoms with Crippen molar-refractivity contribution in [3.8, 4) is 0 Å². The molecule has 1 N–H and O–H groups in total. The molecular weight excluding hydrogens is 258 g/mol. The third kappa shape index (κ3) is 3.05. The number of benzene rings is 1. The summed E-state index contributed by atoms with van der Waals surface area (Å²) >= 11 is 7.15. The predicted octanol–water partition coefficient (Wildman–Crippen LogP) is 3.21. The fraction of sp³-hybridized carbons (Fsp3) is 0.167. The zero-order valence-electron chi connectivity index (χ0n) is 8.84. The van der Waals surface area contributed by atoms with Gasteiger partial charge in [-0.3, -0.25) is 4.79 Å². The van der Waals surface area contributed by atoms with E-state index in [0.29, 0.717) is 16.5 Å². The van der Waals surface area contributed by atoms with Gasteiger partial charge in [0.2, 0.25) is 0 Å². The van der Waals surface area contributed by atoms with Crippen molar-refractivity contribution in [3.05, 3.63) is 51.4 Å². The Bertz CT molecular complexity index is 496. The molecule has 2 rings (SSSR count). The van der Waals surface area contributed by atoms with Crippen LogP contribution in [0.5, 0.6) is 0 Å². The van der Waals surface area contributed by atoms with Gasteiger partial charge in [0.15, 0.2) is 0 Å². The van der Waals surface area contributed by atoms with Crippen LogP contribution in [0.25, 0.3) is 0 Å². The number of hydrogen-bond acceptors (Lipinski definition) is 3. The number of carboxylic acid groups (broad SMARTS) is 1. The first-order valence-electron chi connectivity index (χ1n) is 5.03. The van der Waals surface area contributed by atoms with Crippen molar-refractivity contribution in [2.45, 2.75) is 12.3 Å². The van der Waals surface area contributed by atoms with Crippen LogP contribution in [0.15, 0.2) is 35.8 Å². The lowest BCUT2D eigenvalue weighted by Gasteiger charge is -2.09. The van der Waals surface area contributed by atoms with Gasteiger partial charge in [0, 0.05) is 16.6 Å². The van der Waals surface area contributed by atoms with Crippen molar-refractivity contribution in [3.63, 3.8) is 0 Å². The summed E-state index contributed by atoms with van der Waals surface area (Å²) in [7, 11) is 0. The summed E-state index contributed by atoms with van der Waals surface area (Å²) in [6.45, 7) is 0. The average molecular weight is 268 g/mol. The Morgan fingerprint density at radius 1 is 1.41 bits per heavy atom. The summed E-state index contributed by atoms with van der Waals surface area (Å²) in [5, 5.41) is 12.3. The first-order valence-corrected chi connectivity index (χ1v) is 6.29. The highest BCUT2D eigenvalue weighted by Gasteiger charge is 2.22. The minimum atomic E-state index is -0.852. The number of carbonyl (C=O) groups is 1. The molecule has 5 heteroatoms. The van der Waals surface area contributed by atoms with Crippen molar-refractivity contribution in [1.82, 2.24) is 4.98 Å². The Hall–Kier alpha value is -1.39. The first kappa shape index (κ1) is 12.1. The SMILES string of the molecule is O=C(O)C(Cc1ccc(Cl)cc1)c1nccs1. The molecule has 2 aromatic rings. The Balaban J connectivity index is 2.19. The van der Waals surface area contributed by atoms with Gasteiger partial charge in [0.05, 0.1) is 0 Å². The molecular formula is C12H10ClNO2S. The van der Waals surface area contributed by atoms with E-state index in [1.165, 1.54) is 11.3 Å². The number of aliphatic carboxylic acids is 1. The maximum absolute atomic E-state index is 11.2. The lowest BCUT2D eigenvalue weighted by molar-refractivity contribution is -0.138. The number of halogens is 1. The summed E-state index contributed by atoms with van der Waals surface area (Å²) < 4.78 is 0. The molecule has 0 bridgehead atoms. The van der Waals surface area contributed by atoms with Crippen LogP contribution in [0.1, 0.15) is 16.5 Å². The highest BCUT2D eigenvalue weighted by atomic mass is 35.5. The molecule has 0 saturated heterocycles.